The average Bonchev–Trinajstić information content (AvgIpc) is 2.39. The second-order valence-corrected chi connectivity index (χ2v) is 5.65. The van der Waals surface area contributed by atoms with Gasteiger partial charge in [-0.25, -0.2) is 0 Å². The lowest BCUT2D eigenvalue weighted by Crippen LogP contribution is -2.45. The topological polar surface area (TPSA) is 129 Å². The van der Waals surface area contributed by atoms with Crippen LogP contribution in [0, 0.1) is 10.1 Å². The number of nitro groups is 1. The number of hydrogen-bond acceptors (Lipinski definition) is 5. The number of amides is 2. The first-order valence-corrected chi connectivity index (χ1v) is 7.06. The van der Waals surface area contributed by atoms with Crippen molar-refractivity contribution in [2.75, 3.05) is 0 Å². The predicted octanol–water partition coefficient (Wildman–Crippen LogP) is 0.501. The zero-order valence-corrected chi connectivity index (χ0v) is 13.5. The van der Waals surface area contributed by atoms with E-state index in [4.69, 9.17) is 5.73 Å². The minimum absolute atomic E-state index is 0.104. The molecule has 0 fully saturated rings. The number of carbonyl (C=O) groups excluding carboxylic acids is 2. The van der Waals surface area contributed by atoms with Crippen molar-refractivity contribution in [3.05, 3.63) is 38.3 Å². The molecule has 2 amide bonds. The first-order chi connectivity index (χ1) is 10.6. The van der Waals surface area contributed by atoms with Crippen molar-refractivity contribution in [3.8, 4) is 0 Å². The summed E-state index contributed by atoms with van der Waals surface area (Å²) >= 11 is 0. The van der Waals surface area contributed by atoms with Gasteiger partial charge in [-0.1, -0.05) is 0 Å². The highest BCUT2D eigenvalue weighted by Crippen LogP contribution is 2.12. The van der Waals surface area contributed by atoms with Crippen LogP contribution in [0.25, 0.3) is 0 Å². The van der Waals surface area contributed by atoms with E-state index in [9.17, 15) is 24.5 Å². The van der Waals surface area contributed by atoms with Gasteiger partial charge in [-0.05, 0) is 27.7 Å². The molecule has 2 N–H and O–H groups in total. The van der Waals surface area contributed by atoms with Crippen molar-refractivity contribution in [1.82, 2.24) is 9.47 Å². The summed E-state index contributed by atoms with van der Waals surface area (Å²) < 4.78 is 0.846. The zero-order chi connectivity index (χ0) is 17.9. The largest absolute Gasteiger partial charge is 0.365 e. The zero-order valence-electron chi connectivity index (χ0n) is 13.5. The number of rotatable bonds is 6. The Morgan fingerprint density at radius 1 is 1.30 bits per heavy atom. The number of hydrogen-bond donors (Lipinski definition) is 1. The third kappa shape index (κ3) is 4.15. The maximum atomic E-state index is 12.4. The summed E-state index contributed by atoms with van der Waals surface area (Å²) in [5.74, 6) is -1.46. The van der Waals surface area contributed by atoms with Crippen molar-refractivity contribution in [1.29, 1.82) is 0 Å². The van der Waals surface area contributed by atoms with Gasteiger partial charge in [0.1, 0.15) is 12.1 Å². The Hall–Kier alpha value is -2.71. The third-order valence-corrected chi connectivity index (χ3v) is 3.25. The summed E-state index contributed by atoms with van der Waals surface area (Å²) in [6, 6.07) is 0.605. The van der Waals surface area contributed by atoms with Crippen LogP contribution in [0.1, 0.15) is 38.1 Å². The van der Waals surface area contributed by atoms with Gasteiger partial charge in [0.25, 0.3) is 17.2 Å². The number of nitrogens with two attached hydrogens (primary N) is 1. The molecule has 9 heteroatoms. The van der Waals surface area contributed by atoms with Crippen molar-refractivity contribution in [3.63, 3.8) is 0 Å². The quantitative estimate of drug-likeness (QED) is 0.602. The van der Waals surface area contributed by atoms with Crippen LogP contribution < -0.4 is 11.3 Å². The third-order valence-electron chi connectivity index (χ3n) is 3.25. The SMILES string of the molecule is CC(C)N(C(=O)Cn1cc([N+](=O)[O-])cc(C(N)=O)c1=O)C(C)C. The Bertz CT molecular complexity index is 685. The fraction of sp³-hybridized carbons (Fsp3) is 0.500. The van der Waals surface area contributed by atoms with Crippen molar-refractivity contribution >= 4 is 17.5 Å². The molecule has 0 aromatic carbocycles. The standard InChI is InChI=1S/C14H20N4O5/c1-8(2)17(9(3)4)12(19)7-16-6-10(18(22)23)5-11(13(15)20)14(16)21/h5-6,8-9H,7H2,1-4H3,(H2,15,20). The molecule has 1 heterocycles. The lowest BCUT2D eigenvalue weighted by atomic mass is 10.2. The molecule has 0 aliphatic rings. The van der Waals surface area contributed by atoms with Gasteiger partial charge in [-0.15, -0.1) is 0 Å². The minimum Gasteiger partial charge on any atom is -0.365 e. The molecule has 0 radical (unpaired) electrons. The van der Waals surface area contributed by atoms with Gasteiger partial charge < -0.3 is 10.6 Å². The molecule has 0 unspecified atom stereocenters. The summed E-state index contributed by atoms with van der Waals surface area (Å²) in [6.45, 7) is 6.88. The summed E-state index contributed by atoms with van der Waals surface area (Å²) in [6.07, 6.45) is 0.936. The van der Waals surface area contributed by atoms with E-state index in [1.807, 2.05) is 27.7 Å². The van der Waals surface area contributed by atoms with Crippen molar-refractivity contribution < 1.29 is 14.5 Å². The van der Waals surface area contributed by atoms with E-state index >= 15 is 0 Å². The summed E-state index contributed by atoms with van der Waals surface area (Å²) in [5, 5.41) is 10.9. The summed E-state index contributed by atoms with van der Waals surface area (Å²) in [7, 11) is 0. The minimum atomic E-state index is -1.08. The fourth-order valence-corrected chi connectivity index (χ4v) is 2.41. The normalized spacial score (nSPS) is 10.9. The number of pyridine rings is 1. The van der Waals surface area contributed by atoms with Crippen LogP contribution in [0.4, 0.5) is 5.69 Å². The molecule has 1 aromatic heterocycles. The van der Waals surface area contributed by atoms with E-state index in [0.29, 0.717) is 0 Å². The van der Waals surface area contributed by atoms with Crippen LogP contribution in [-0.2, 0) is 11.3 Å². The Kier molecular flexibility index (Phi) is 5.61. The second-order valence-electron chi connectivity index (χ2n) is 5.65. The summed E-state index contributed by atoms with van der Waals surface area (Å²) in [5.41, 5.74) is 3.24. The number of nitrogens with zero attached hydrogens (tertiary/aromatic N) is 3. The van der Waals surface area contributed by atoms with E-state index in [1.165, 1.54) is 0 Å². The van der Waals surface area contributed by atoms with Crippen molar-refractivity contribution in [2.45, 2.75) is 46.3 Å². The predicted molar refractivity (Wildman–Crippen MR) is 83.0 cm³/mol. The van der Waals surface area contributed by atoms with Crippen molar-refractivity contribution in [2.24, 2.45) is 5.73 Å². The molecular weight excluding hydrogens is 304 g/mol. The molecule has 0 spiro atoms. The lowest BCUT2D eigenvalue weighted by molar-refractivity contribution is -0.385. The maximum Gasteiger partial charge on any atom is 0.286 e. The van der Waals surface area contributed by atoms with Gasteiger partial charge >= 0.3 is 0 Å². The van der Waals surface area contributed by atoms with Crippen LogP contribution >= 0.6 is 0 Å². The highest BCUT2D eigenvalue weighted by molar-refractivity contribution is 5.93. The molecule has 0 aliphatic carbocycles. The van der Waals surface area contributed by atoms with Crippen LogP contribution in [-0.4, -0.2) is 38.3 Å². The molecule has 0 aliphatic heterocycles. The summed E-state index contributed by atoms with van der Waals surface area (Å²) in [4.78, 5) is 47.5. The molecule has 0 atom stereocenters. The molecule has 0 bridgehead atoms. The molecule has 126 valence electrons. The number of aromatic nitrogens is 1. The Labute approximate surface area is 132 Å². The molecule has 9 nitrogen and oxygen atoms in total. The molecule has 1 rings (SSSR count). The van der Waals surface area contributed by atoms with E-state index < -0.39 is 34.2 Å². The number of carbonyl (C=O) groups is 2. The van der Waals surface area contributed by atoms with Gasteiger partial charge in [0, 0.05) is 18.2 Å². The molecular formula is C14H20N4O5. The van der Waals surface area contributed by atoms with Gasteiger partial charge in [0.05, 0.1) is 11.1 Å². The highest BCUT2D eigenvalue weighted by atomic mass is 16.6. The molecule has 23 heavy (non-hydrogen) atoms. The Morgan fingerprint density at radius 3 is 2.22 bits per heavy atom. The fourth-order valence-electron chi connectivity index (χ4n) is 2.41. The van der Waals surface area contributed by atoms with Crippen LogP contribution in [0.5, 0.6) is 0 Å². The first kappa shape index (κ1) is 18.3. The lowest BCUT2D eigenvalue weighted by Gasteiger charge is -2.31. The van der Waals surface area contributed by atoms with E-state index in [0.717, 1.165) is 16.8 Å². The van der Waals surface area contributed by atoms with Gasteiger partial charge in [-0.2, -0.15) is 0 Å². The smallest absolute Gasteiger partial charge is 0.286 e. The average molecular weight is 324 g/mol. The first-order valence-electron chi connectivity index (χ1n) is 7.06. The van der Waals surface area contributed by atoms with Crippen LogP contribution in [0.2, 0.25) is 0 Å². The Balaban J connectivity index is 3.32. The Morgan fingerprint density at radius 2 is 1.83 bits per heavy atom. The molecule has 0 saturated carbocycles. The van der Waals surface area contributed by atoms with Crippen LogP contribution in [0.15, 0.2) is 17.1 Å². The highest BCUT2D eigenvalue weighted by Gasteiger charge is 2.23. The van der Waals surface area contributed by atoms with E-state index in [2.05, 4.69) is 0 Å². The van der Waals surface area contributed by atoms with Gasteiger partial charge in [0.2, 0.25) is 5.91 Å². The van der Waals surface area contributed by atoms with E-state index in [1.54, 1.807) is 4.90 Å². The molecule has 0 saturated heterocycles. The monoisotopic (exact) mass is 324 g/mol. The van der Waals surface area contributed by atoms with Gasteiger partial charge in [-0.3, -0.25) is 29.1 Å². The van der Waals surface area contributed by atoms with Crippen LogP contribution in [0.3, 0.4) is 0 Å². The van der Waals surface area contributed by atoms with Gasteiger partial charge in [0.15, 0.2) is 0 Å². The number of primary amides is 1. The van der Waals surface area contributed by atoms with E-state index in [-0.39, 0.29) is 18.0 Å². The second kappa shape index (κ2) is 7.03. The maximum absolute atomic E-state index is 12.4. The molecule has 1 aromatic rings.